The second-order valence-electron chi connectivity index (χ2n) is 5.68. The van der Waals surface area contributed by atoms with Gasteiger partial charge in [0.05, 0.1) is 12.7 Å². The monoisotopic (exact) mass is 224 g/mol. The fourth-order valence-corrected chi connectivity index (χ4v) is 3.24. The molecular formula is C13H24N2O. The van der Waals surface area contributed by atoms with Crippen molar-refractivity contribution < 1.29 is 4.74 Å². The Labute approximate surface area is 98.5 Å². The smallest absolute Gasteiger partial charge is 0.0731 e. The first kappa shape index (κ1) is 11.0. The van der Waals surface area contributed by atoms with E-state index in [2.05, 4.69) is 17.1 Å². The van der Waals surface area contributed by atoms with Gasteiger partial charge in [-0.15, -0.1) is 0 Å². The minimum Gasteiger partial charge on any atom is -0.375 e. The van der Waals surface area contributed by atoms with Gasteiger partial charge in [0.15, 0.2) is 0 Å². The minimum atomic E-state index is 0.539. The van der Waals surface area contributed by atoms with Crippen molar-refractivity contribution in [3.8, 4) is 0 Å². The van der Waals surface area contributed by atoms with Gasteiger partial charge in [-0.1, -0.05) is 0 Å². The van der Waals surface area contributed by atoms with Crippen LogP contribution in [0, 0.1) is 0 Å². The molecule has 3 fully saturated rings. The van der Waals surface area contributed by atoms with Gasteiger partial charge in [0.2, 0.25) is 0 Å². The maximum absolute atomic E-state index is 5.86. The van der Waals surface area contributed by atoms with Crippen LogP contribution in [0.4, 0.5) is 0 Å². The molecule has 3 unspecified atom stereocenters. The molecule has 2 aliphatic carbocycles. The lowest BCUT2D eigenvalue weighted by Gasteiger charge is -2.41. The largest absolute Gasteiger partial charge is 0.375 e. The maximum Gasteiger partial charge on any atom is 0.0731 e. The lowest BCUT2D eigenvalue weighted by atomic mass is 10.1. The number of rotatable bonds is 4. The van der Waals surface area contributed by atoms with Crippen LogP contribution in [0.2, 0.25) is 0 Å². The minimum absolute atomic E-state index is 0.539. The molecule has 92 valence electrons. The number of fused-ring (bicyclic) bond motifs is 1. The standard InChI is InChI=1S/C13H24N2O/c1-10(9-14-11-5-6-11)15-7-8-16-13-4-2-3-12(13)15/h10-14H,2-9H2,1H3. The highest BCUT2D eigenvalue weighted by molar-refractivity contribution is 4.92. The molecule has 16 heavy (non-hydrogen) atoms. The van der Waals surface area contributed by atoms with E-state index in [1.165, 1.54) is 32.1 Å². The average molecular weight is 224 g/mol. The van der Waals surface area contributed by atoms with E-state index in [1.807, 2.05) is 0 Å². The van der Waals surface area contributed by atoms with Gasteiger partial charge in [-0.05, 0) is 39.0 Å². The molecule has 1 saturated heterocycles. The zero-order valence-electron chi connectivity index (χ0n) is 10.3. The predicted molar refractivity (Wildman–Crippen MR) is 64.6 cm³/mol. The Hall–Kier alpha value is -0.120. The van der Waals surface area contributed by atoms with Crippen molar-refractivity contribution in [1.29, 1.82) is 0 Å². The van der Waals surface area contributed by atoms with E-state index in [0.717, 1.165) is 25.7 Å². The molecule has 0 aromatic carbocycles. The summed E-state index contributed by atoms with van der Waals surface area (Å²) in [5, 5.41) is 3.65. The zero-order valence-corrected chi connectivity index (χ0v) is 10.3. The van der Waals surface area contributed by atoms with Gasteiger partial charge in [-0.2, -0.15) is 0 Å². The third kappa shape index (κ3) is 2.27. The number of nitrogens with one attached hydrogen (secondary N) is 1. The highest BCUT2D eigenvalue weighted by Crippen LogP contribution is 2.30. The summed E-state index contributed by atoms with van der Waals surface area (Å²) in [7, 11) is 0. The van der Waals surface area contributed by atoms with Crippen LogP contribution in [0.15, 0.2) is 0 Å². The van der Waals surface area contributed by atoms with Crippen LogP contribution >= 0.6 is 0 Å². The maximum atomic E-state index is 5.86. The molecule has 0 spiro atoms. The summed E-state index contributed by atoms with van der Waals surface area (Å²) < 4.78 is 5.86. The van der Waals surface area contributed by atoms with Crippen LogP contribution in [0.3, 0.4) is 0 Å². The second-order valence-corrected chi connectivity index (χ2v) is 5.68. The molecule has 1 N–H and O–H groups in total. The summed E-state index contributed by atoms with van der Waals surface area (Å²) in [6, 6.07) is 2.22. The van der Waals surface area contributed by atoms with E-state index in [9.17, 15) is 0 Å². The SMILES string of the molecule is CC(CNC1CC1)N1CCOC2CCCC21. The summed E-state index contributed by atoms with van der Waals surface area (Å²) >= 11 is 0. The number of hydrogen-bond acceptors (Lipinski definition) is 3. The molecule has 3 atom stereocenters. The Morgan fingerprint density at radius 2 is 2.19 bits per heavy atom. The molecule has 0 aromatic rings. The van der Waals surface area contributed by atoms with E-state index < -0.39 is 0 Å². The third-order valence-electron chi connectivity index (χ3n) is 4.37. The van der Waals surface area contributed by atoms with Crippen molar-refractivity contribution >= 4 is 0 Å². The highest BCUT2D eigenvalue weighted by atomic mass is 16.5. The Balaban J connectivity index is 1.54. The number of hydrogen-bond donors (Lipinski definition) is 1. The number of ether oxygens (including phenoxy) is 1. The molecule has 3 rings (SSSR count). The van der Waals surface area contributed by atoms with Crippen molar-refractivity contribution in [3.05, 3.63) is 0 Å². The average Bonchev–Trinajstić information content (AvgIpc) is 3.01. The molecular weight excluding hydrogens is 200 g/mol. The molecule has 0 amide bonds. The molecule has 3 nitrogen and oxygen atoms in total. The van der Waals surface area contributed by atoms with Gasteiger partial charge in [0.1, 0.15) is 0 Å². The second kappa shape index (κ2) is 4.63. The van der Waals surface area contributed by atoms with E-state index in [0.29, 0.717) is 18.2 Å². The predicted octanol–water partition coefficient (Wildman–Crippen LogP) is 1.38. The molecule has 0 radical (unpaired) electrons. The summed E-state index contributed by atoms with van der Waals surface area (Å²) in [5.41, 5.74) is 0. The fourth-order valence-electron chi connectivity index (χ4n) is 3.24. The van der Waals surface area contributed by atoms with Crippen molar-refractivity contribution in [3.63, 3.8) is 0 Å². The third-order valence-corrected chi connectivity index (χ3v) is 4.37. The van der Waals surface area contributed by atoms with E-state index in [4.69, 9.17) is 4.74 Å². The summed E-state index contributed by atoms with van der Waals surface area (Å²) in [4.78, 5) is 2.69. The molecule has 3 heteroatoms. The van der Waals surface area contributed by atoms with Gasteiger partial charge >= 0.3 is 0 Å². The Morgan fingerprint density at radius 3 is 3.00 bits per heavy atom. The number of morpholine rings is 1. The highest BCUT2D eigenvalue weighted by Gasteiger charge is 2.38. The Bertz CT molecular complexity index is 242. The van der Waals surface area contributed by atoms with Gasteiger partial charge < -0.3 is 10.1 Å². The zero-order chi connectivity index (χ0) is 11.0. The topological polar surface area (TPSA) is 24.5 Å². The van der Waals surface area contributed by atoms with Crippen molar-refractivity contribution in [1.82, 2.24) is 10.2 Å². The van der Waals surface area contributed by atoms with Crippen LogP contribution in [0.1, 0.15) is 39.0 Å². The van der Waals surface area contributed by atoms with Crippen LogP contribution in [-0.2, 0) is 4.74 Å². The van der Waals surface area contributed by atoms with Crippen LogP contribution in [-0.4, -0.2) is 48.8 Å². The van der Waals surface area contributed by atoms with Gasteiger partial charge in [0.25, 0.3) is 0 Å². The summed E-state index contributed by atoms with van der Waals surface area (Å²) in [6.07, 6.45) is 7.30. The van der Waals surface area contributed by atoms with Gasteiger partial charge in [0, 0.05) is 31.2 Å². The first-order chi connectivity index (χ1) is 7.84. The fraction of sp³-hybridized carbons (Fsp3) is 1.00. The molecule has 1 heterocycles. The summed E-state index contributed by atoms with van der Waals surface area (Å²) in [5.74, 6) is 0. The number of nitrogens with zero attached hydrogens (tertiary/aromatic N) is 1. The molecule has 1 aliphatic heterocycles. The summed E-state index contributed by atoms with van der Waals surface area (Å²) in [6.45, 7) is 5.60. The van der Waals surface area contributed by atoms with Crippen LogP contribution in [0.25, 0.3) is 0 Å². The Morgan fingerprint density at radius 1 is 1.31 bits per heavy atom. The van der Waals surface area contributed by atoms with Crippen LogP contribution in [0.5, 0.6) is 0 Å². The van der Waals surface area contributed by atoms with E-state index in [1.54, 1.807) is 0 Å². The first-order valence-electron chi connectivity index (χ1n) is 6.95. The van der Waals surface area contributed by atoms with E-state index >= 15 is 0 Å². The molecule has 0 bridgehead atoms. The molecule has 3 aliphatic rings. The van der Waals surface area contributed by atoms with Crippen molar-refractivity contribution in [2.24, 2.45) is 0 Å². The van der Waals surface area contributed by atoms with Gasteiger partial charge in [-0.3, -0.25) is 4.90 Å². The lowest BCUT2D eigenvalue weighted by Crippen LogP contribution is -2.54. The Kier molecular flexibility index (Phi) is 3.18. The molecule has 2 saturated carbocycles. The van der Waals surface area contributed by atoms with Crippen molar-refractivity contribution in [2.45, 2.75) is 63.3 Å². The van der Waals surface area contributed by atoms with E-state index in [-0.39, 0.29) is 0 Å². The lowest BCUT2D eigenvalue weighted by molar-refractivity contribution is -0.0687. The molecule has 0 aromatic heterocycles. The van der Waals surface area contributed by atoms with Gasteiger partial charge in [-0.25, -0.2) is 0 Å². The van der Waals surface area contributed by atoms with Crippen molar-refractivity contribution in [2.75, 3.05) is 19.7 Å². The van der Waals surface area contributed by atoms with Crippen LogP contribution < -0.4 is 5.32 Å². The normalized spacial score (nSPS) is 37.3. The quantitative estimate of drug-likeness (QED) is 0.781. The first-order valence-corrected chi connectivity index (χ1v) is 6.95.